The lowest BCUT2D eigenvalue weighted by Crippen LogP contribution is -2.13. The van der Waals surface area contributed by atoms with Gasteiger partial charge in [-0.15, -0.1) is 0 Å². The molecule has 1 amide bonds. The summed E-state index contributed by atoms with van der Waals surface area (Å²) in [7, 11) is 3.12. The summed E-state index contributed by atoms with van der Waals surface area (Å²) < 4.78 is 10.5. The van der Waals surface area contributed by atoms with Gasteiger partial charge in [0.15, 0.2) is 0 Å². The summed E-state index contributed by atoms with van der Waals surface area (Å²) in [4.78, 5) is 21.6. The van der Waals surface area contributed by atoms with E-state index in [4.69, 9.17) is 9.47 Å². The van der Waals surface area contributed by atoms with Crippen molar-refractivity contribution in [3.63, 3.8) is 0 Å². The van der Waals surface area contributed by atoms with E-state index in [0.29, 0.717) is 28.3 Å². The highest BCUT2D eigenvalue weighted by Gasteiger charge is 2.12. The van der Waals surface area contributed by atoms with Gasteiger partial charge in [0, 0.05) is 11.6 Å². The molecule has 128 valence electrons. The number of rotatable bonds is 4. The van der Waals surface area contributed by atoms with Gasteiger partial charge in [-0.05, 0) is 44.2 Å². The molecule has 25 heavy (non-hydrogen) atoms. The molecule has 1 N–H and O–H groups in total. The molecule has 3 aromatic rings. The van der Waals surface area contributed by atoms with Gasteiger partial charge in [-0.1, -0.05) is 0 Å². The number of ether oxygens (including phenoxy) is 2. The lowest BCUT2D eigenvalue weighted by Gasteiger charge is -2.12. The Labute approximate surface area is 145 Å². The van der Waals surface area contributed by atoms with Crippen molar-refractivity contribution in [3.05, 3.63) is 53.3 Å². The first-order valence-corrected chi connectivity index (χ1v) is 7.80. The molecule has 0 unspecified atom stereocenters. The van der Waals surface area contributed by atoms with Gasteiger partial charge in [-0.3, -0.25) is 4.79 Å². The summed E-state index contributed by atoms with van der Waals surface area (Å²) in [6, 6.07) is 10.5. The second kappa shape index (κ2) is 6.76. The molecule has 0 aliphatic carbocycles. The van der Waals surface area contributed by atoms with Gasteiger partial charge in [0.1, 0.15) is 11.5 Å². The molecule has 6 nitrogen and oxygen atoms in total. The van der Waals surface area contributed by atoms with E-state index in [2.05, 4.69) is 15.3 Å². The Morgan fingerprint density at radius 1 is 0.920 bits per heavy atom. The first-order valence-electron chi connectivity index (χ1n) is 7.80. The van der Waals surface area contributed by atoms with Crippen LogP contribution in [0.4, 0.5) is 5.69 Å². The normalized spacial score (nSPS) is 10.6. The van der Waals surface area contributed by atoms with E-state index in [9.17, 15) is 4.79 Å². The van der Waals surface area contributed by atoms with Crippen LogP contribution in [0.25, 0.3) is 11.0 Å². The first kappa shape index (κ1) is 16.7. The van der Waals surface area contributed by atoms with Gasteiger partial charge >= 0.3 is 0 Å². The Hall–Kier alpha value is -3.15. The van der Waals surface area contributed by atoms with Crippen molar-refractivity contribution in [3.8, 4) is 11.5 Å². The fraction of sp³-hybridized carbons (Fsp3) is 0.211. The number of hydrogen-bond acceptors (Lipinski definition) is 5. The summed E-state index contributed by atoms with van der Waals surface area (Å²) >= 11 is 0. The van der Waals surface area contributed by atoms with Crippen LogP contribution in [-0.2, 0) is 0 Å². The molecule has 0 saturated heterocycles. The summed E-state index contributed by atoms with van der Waals surface area (Å²) in [5.74, 6) is 0.937. The Kier molecular flexibility index (Phi) is 4.52. The number of anilines is 1. The van der Waals surface area contributed by atoms with Gasteiger partial charge in [0.25, 0.3) is 5.91 Å². The molecule has 3 rings (SSSR count). The maximum Gasteiger partial charge on any atom is 0.255 e. The van der Waals surface area contributed by atoms with Crippen molar-refractivity contribution in [2.45, 2.75) is 13.8 Å². The minimum Gasteiger partial charge on any atom is -0.497 e. The van der Waals surface area contributed by atoms with Crippen molar-refractivity contribution in [2.24, 2.45) is 0 Å². The Morgan fingerprint density at radius 3 is 2.32 bits per heavy atom. The predicted octanol–water partition coefficient (Wildman–Crippen LogP) is 3.52. The molecule has 0 radical (unpaired) electrons. The topological polar surface area (TPSA) is 73.3 Å². The SMILES string of the molecule is COc1ccc(NC(=O)c2ccc3nc(C)c(C)nc3c2)c(OC)c1. The zero-order chi connectivity index (χ0) is 18.0. The monoisotopic (exact) mass is 337 g/mol. The third-order valence-electron chi connectivity index (χ3n) is 3.99. The van der Waals surface area contributed by atoms with Gasteiger partial charge < -0.3 is 14.8 Å². The third kappa shape index (κ3) is 3.38. The van der Waals surface area contributed by atoms with Crippen molar-refractivity contribution in [1.29, 1.82) is 0 Å². The number of fused-ring (bicyclic) bond motifs is 1. The summed E-state index contributed by atoms with van der Waals surface area (Å²) in [6.45, 7) is 3.81. The van der Waals surface area contributed by atoms with Crippen molar-refractivity contribution < 1.29 is 14.3 Å². The molecule has 0 aliphatic heterocycles. The number of aryl methyl sites for hydroxylation is 2. The second-order valence-electron chi connectivity index (χ2n) is 5.62. The Morgan fingerprint density at radius 2 is 1.64 bits per heavy atom. The van der Waals surface area contributed by atoms with Crippen LogP contribution in [0.5, 0.6) is 11.5 Å². The van der Waals surface area contributed by atoms with Gasteiger partial charge in [0.2, 0.25) is 0 Å². The number of nitrogens with zero attached hydrogens (tertiary/aromatic N) is 2. The smallest absolute Gasteiger partial charge is 0.255 e. The molecule has 2 aromatic carbocycles. The summed E-state index contributed by atoms with van der Waals surface area (Å²) in [6.07, 6.45) is 0. The van der Waals surface area contributed by atoms with Crippen molar-refractivity contribution in [1.82, 2.24) is 9.97 Å². The molecule has 0 spiro atoms. The molecular formula is C19H19N3O3. The predicted molar refractivity (Wildman–Crippen MR) is 96.5 cm³/mol. The fourth-order valence-corrected chi connectivity index (χ4v) is 2.47. The van der Waals surface area contributed by atoms with Gasteiger partial charge in [-0.2, -0.15) is 0 Å². The maximum atomic E-state index is 12.6. The highest BCUT2D eigenvalue weighted by atomic mass is 16.5. The standard InChI is InChI=1S/C19H19N3O3/c1-11-12(2)21-17-9-13(5-7-15(17)20-11)19(23)22-16-8-6-14(24-3)10-18(16)25-4/h5-10H,1-4H3,(H,22,23). The van der Waals surface area contributed by atoms with E-state index in [-0.39, 0.29) is 5.91 Å². The largest absolute Gasteiger partial charge is 0.497 e. The quantitative estimate of drug-likeness (QED) is 0.788. The van der Waals surface area contributed by atoms with Gasteiger partial charge in [0.05, 0.1) is 42.3 Å². The lowest BCUT2D eigenvalue weighted by molar-refractivity contribution is 0.102. The maximum absolute atomic E-state index is 12.6. The number of benzene rings is 2. The number of amides is 1. The number of hydrogen-bond donors (Lipinski definition) is 1. The number of carbonyl (C=O) groups excluding carboxylic acids is 1. The van der Waals surface area contributed by atoms with Crippen LogP contribution in [0.3, 0.4) is 0 Å². The van der Waals surface area contributed by atoms with Crippen LogP contribution in [0.15, 0.2) is 36.4 Å². The molecule has 1 heterocycles. The van der Waals surface area contributed by atoms with E-state index in [1.165, 1.54) is 0 Å². The van der Waals surface area contributed by atoms with Crippen molar-refractivity contribution >= 4 is 22.6 Å². The van der Waals surface area contributed by atoms with E-state index in [1.807, 2.05) is 13.8 Å². The van der Waals surface area contributed by atoms with E-state index in [1.54, 1.807) is 50.6 Å². The molecular weight excluding hydrogens is 318 g/mol. The number of methoxy groups -OCH3 is 2. The van der Waals surface area contributed by atoms with Gasteiger partial charge in [-0.25, -0.2) is 9.97 Å². The molecule has 1 aromatic heterocycles. The van der Waals surface area contributed by atoms with E-state index >= 15 is 0 Å². The molecule has 0 atom stereocenters. The van der Waals surface area contributed by atoms with Crippen LogP contribution in [0, 0.1) is 13.8 Å². The van der Waals surface area contributed by atoms with Crippen LogP contribution in [-0.4, -0.2) is 30.1 Å². The second-order valence-corrected chi connectivity index (χ2v) is 5.62. The Bertz CT molecular complexity index is 954. The summed E-state index contributed by atoms with van der Waals surface area (Å²) in [5, 5.41) is 2.85. The van der Waals surface area contributed by atoms with Crippen LogP contribution in [0.1, 0.15) is 21.7 Å². The van der Waals surface area contributed by atoms with E-state index < -0.39 is 0 Å². The average Bonchev–Trinajstić information content (AvgIpc) is 2.62. The number of aromatic nitrogens is 2. The van der Waals surface area contributed by atoms with Crippen LogP contribution in [0.2, 0.25) is 0 Å². The lowest BCUT2D eigenvalue weighted by atomic mass is 10.1. The van der Waals surface area contributed by atoms with Crippen LogP contribution >= 0.6 is 0 Å². The molecule has 0 bridgehead atoms. The molecule has 0 saturated carbocycles. The average molecular weight is 337 g/mol. The van der Waals surface area contributed by atoms with E-state index in [0.717, 1.165) is 16.9 Å². The third-order valence-corrected chi connectivity index (χ3v) is 3.99. The molecule has 6 heteroatoms. The highest BCUT2D eigenvalue weighted by Crippen LogP contribution is 2.29. The highest BCUT2D eigenvalue weighted by molar-refractivity contribution is 6.06. The minimum atomic E-state index is -0.245. The van der Waals surface area contributed by atoms with Crippen molar-refractivity contribution in [2.75, 3.05) is 19.5 Å². The zero-order valence-corrected chi connectivity index (χ0v) is 14.6. The zero-order valence-electron chi connectivity index (χ0n) is 14.6. The number of carbonyl (C=O) groups is 1. The minimum absolute atomic E-state index is 0.245. The summed E-state index contributed by atoms with van der Waals surface area (Å²) in [5.41, 5.74) is 4.26. The fourth-order valence-electron chi connectivity index (χ4n) is 2.47. The Balaban J connectivity index is 1.91. The molecule has 0 fully saturated rings. The first-order chi connectivity index (χ1) is 12.0. The number of nitrogens with one attached hydrogen (secondary N) is 1. The molecule has 0 aliphatic rings. The van der Waals surface area contributed by atoms with Crippen LogP contribution < -0.4 is 14.8 Å².